The van der Waals surface area contributed by atoms with Crippen LogP contribution in [0.3, 0.4) is 0 Å². The second-order valence-electron chi connectivity index (χ2n) is 9.04. The number of hydrogen-bond donors (Lipinski definition) is 3. The number of hydrogen-bond acceptors (Lipinski definition) is 15. The molecule has 0 aromatic carbocycles. The van der Waals surface area contributed by atoms with Gasteiger partial charge in [0.25, 0.3) is 0 Å². The van der Waals surface area contributed by atoms with Crippen molar-refractivity contribution in [2.45, 2.75) is 71.4 Å². The topological polar surface area (TPSA) is 233 Å². The molecule has 0 radical (unpaired) electrons. The number of carbonyl (C=O) groups excluding carboxylic acids is 3. The lowest BCUT2D eigenvalue weighted by atomic mass is 10.3. The van der Waals surface area contributed by atoms with E-state index in [0.717, 1.165) is 0 Å². The van der Waals surface area contributed by atoms with E-state index in [1.54, 1.807) is 34.6 Å². The molecular formula is C23H50N2O14P4. The summed E-state index contributed by atoms with van der Waals surface area (Å²) in [6.07, 6.45) is 0.954. The van der Waals surface area contributed by atoms with Crippen LogP contribution in [0.5, 0.6) is 0 Å². The summed E-state index contributed by atoms with van der Waals surface area (Å²) >= 11 is 0. The molecule has 256 valence electrons. The second kappa shape index (κ2) is 21.9. The molecule has 43 heavy (non-hydrogen) atoms. The van der Waals surface area contributed by atoms with Gasteiger partial charge in [-0.15, -0.1) is 0 Å². The summed E-state index contributed by atoms with van der Waals surface area (Å²) in [5.41, 5.74) is 3.35. The van der Waals surface area contributed by atoms with Crippen LogP contribution >= 0.6 is 29.7 Å². The van der Waals surface area contributed by atoms with Crippen molar-refractivity contribution < 1.29 is 65.1 Å². The van der Waals surface area contributed by atoms with E-state index in [9.17, 15) is 32.6 Å². The number of aliphatic hydroxyl groups excluding tert-OH is 1. The Morgan fingerprint density at radius 2 is 1.19 bits per heavy atom. The Balaban J connectivity index is 0. The molecule has 1 amide bonds. The maximum absolute atomic E-state index is 12.4. The molecule has 2 atom stereocenters. The highest BCUT2D eigenvalue weighted by molar-refractivity contribution is 7.78. The maximum Gasteiger partial charge on any atom is 0.359 e. The van der Waals surface area contributed by atoms with Crippen molar-refractivity contribution >= 4 is 47.5 Å². The van der Waals surface area contributed by atoms with Crippen LogP contribution in [0.25, 0.3) is 0 Å². The van der Waals surface area contributed by atoms with Crippen molar-refractivity contribution in [1.82, 2.24) is 5.32 Å². The molecule has 1 aliphatic heterocycles. The lowest BCUT2D eigenvalue weighted by molar-refractivity contribution is -0.152. The van der Waals surface area contributed by atoms with Crippen LogP contribution in [-0.4, -0.2) is 93.6 Å². The number of nitrogens with two attached hydrogens (primary N) is 1. The molecule has 0 bridgehead atoms. The monoisotopic (exact) mass is 702 g/mol. The lowest BCUT2D eigenvalue weighted by Crippen LogP contribution is -2.34. The van der Waals surface area contributed by atoms with E-state index in [-0.39, 0.29) is 64.8 Å². The molecule has 1 aliphatic rings. The normalized spacial score (nSPS) is 15.9. The molecule has 0 aromatic heterocycles. The summed E-state index contributed by atoms with van der Waals surface area (Å²) in [6, 6.07) is 0. The van der Waals surface area contributed by atoms with E-state index in [1.807, 2.05) is 0 Å². The van der Waals surface area contributed by atoms with E-state index in [1.165, 1.54) is 20.0 Å². The standard InChI is InChI=1S/C10H23NO5P2.C9H23NO6P2.C4H4O3/c1-5-16-18(4,15)10(17(2,3)14)11-9(13)7-6-8-12;1-5-13-17(11,14-6-2)9(10)18(12,15-7-3)16-8-4;5-3-1-2-4(6)7-3/h10,12H,5-8H2,1-4H3,(H,11,13);9H,5-8,10H2,1-4H3;1-2H2. The number of ether oxygens (including phenoxy) is 1. The molecule has 1 fully saturated rings. The van der Waals surface area contributed by atoms with Gasteiger partial charge in [0.1, 0.15) is 7.14 Å². The molecule has 0 saturated carbocycles. The van der Waals surface area contributed by atoms with Crippen molar-refractivity contribution in [3.63, 3.8) is 0 Å². The minimum absolute atomic E-state index is 0.0940. The molecular weight excluding hydrogens is 652 g/mol. The third-order valence-corrected chi connectivity index (χ3v) is 16.4. The summed E-state index contributed by atoms with van der Waals surface area (Å²) in [5, 5.41) is 11.2. The summed E-state index contributed by atoms with van der Waals surface area (Å²) in [7, 11) is -13.4. The molecule has 4 N–H and O–H groups in total. The number of carbonyl (C=O) groups is 3. The smallest absolute Gasteiger partial charge is 0.359 e. The van der Waals surface area contributed by atoms with Gasteiger partial charge in [0.05, 0.1) is 45.9 Å². The predicted octanol–water partition coefficient (Wildman–Crippen LogP) is 4.34. The Bertz CT molecular complexity index is 987. The Morgan fingerprint density at radius 1 is 0.814 bits per heavy atom. The van der Waals surface area contributed by atoms with Gasteiger partial charge in [-0.1, -0.05) is 0 Å². The minimum atomic E-state index is -3.73. The third-order valence-electron chi connectivity index (χ3n) is 4.92. The van der Waals surface area contributed by atoms with Crippen LogP contribution in [0.1, 0.15) is 60.3 Å². The average molecular weight is 703 g/mol. The van der Waals surface area contributed by atoms with Gasteiger partial charge in [0.15, 0.2) is 5.52 Å². The maximum atomic E-state index is 12.4. The number of nitrogens with one attached hydrogen (secondary N) is 1. The highest BCUT2D eigenvalue weighted by Crippen LogP contribution is 2.68. The molecule has 1 heterocycles. The van der Waals surface area contributed by atoms with E-state index >= 15 is 0 Å². The number of cyclic esters (lactones) is 2. The van der Waals surface area contributed by atoms with Gasteiger partial charge < -0.3 is 48.1 Å². The number of amides is 1. The Hall–Kier alpha value is -0.750. The van der Waals surface area contributed by atoms with Gasteiger partial charge in [0, 0.05) is 19.7 Å². The van der Waals surface area contributed by atoms with Crippen LogP contribution < -0.4 is 11.1 Å². The van der Waals surface area contributed by atoms with E-state index in [0.29, 0.717) is 6.42 Å². The first-order valence-corrected chi connectivity index (χ1v) is 21.8. The van der Waals surface area contributed by atoms with Crippen molar-refractivity contribution in [2.75, 3.05) is 59.6 Å². The minimum Gasteiger partial charge on any atom is -0.396 e. The van der Waals surface area contributed by atoms with Gasteiger partial charge in [-0.3, -0.25) is 28.1 Å². The van der Waals surface area contributed by atoms with Gasteiger partial charge in [-0.05, 0) is 54.4 Å². The van der Waals surface area contributed by atoms with Crippen molar-refractivity contribution in [3.05, 3.63) is 0 Å². The fourth-order valence-corrected chi connectivity index (χ4v) is 13.4. The zero-order chi connectivity index (χ0) is 33.9. The summed E-state index contributed by atoms with van der Waals surface area (Å²) in [6.45, 7) is 13.2. The van der Waals surface area contributed by atoms with Crippen LogP contribution in [0, 0.1) is 0 Å². The number of aliphatic hydroxyl groups is 1. The van der Waals surface area contributed by atoms with Crippen LogP contribution in [0.2, 0.25) is 0 Å². The van der Waals surface area contributed by atoms with Gasteiger partial charge in [0.2, 0.25) is 18.8 Å². The first-order chi connectivity index (χ1) is 19.8. The molecule has 0 spiro atoms. The summed E-state index contributed by atoms with van der Waals surface area (Å²) in [5.74, 6) is -1.17. The Kier molecular flexibility index (Phi) is 22.6. The summed E-state index contributed by atoms with van der Waals surface area (Å²) < 4.78 is 78.7. The molecule has 1 saturated heterocycles. The summed E-state index contributed by atoms with van der Waals surface area (Å²) in [4.78, 5) is 31.6. The SMILES string of the molecule is CCOP(=O)(OCC)C(N)P(=O)(OCC)OCC.CCOP(C)(=O)C(NC(=O)CCCO)P(C)(C)=O.O=C1CCC(=O)O1. The third kappa shape index (κ3) is 17.5. The molecule has 2 unspecified atom stereocenters. The van der Waals surface area contributed by atoms with Gasteiger partial charge in [-0.2, -0.15) is 0 Å². The fraction of sp³-hybridized carbons (Fsp3) is 0.870. The van der Waals surface area contributed by atoms with Gasteiger partial charge in [-0.25, -0.2) is 0 Å². The zero-order valence-corrected chi connectivity index (χ0v) is 29.9. The van der Waals surface area contributed by atoms with Crippen LogP contribution in [-0.2, 0) is 60.0 Å². The van der Waals surface area contributed by atoms with Crippen LogP contribution in [0.4, 0.5) is 0 Å². The first kappa shape index (κ1) is 44.4. The highest BCUT2D eigenvalue weighted by atomic mass is 31.2. The van der Waals surface area contributed by atoms with Crippen molar-refractivity contribution in [1.29, 1.82) is 0 Å². The van der Waals surface area contributed by atoms with E-state index in [4.69, 9.17) is 33.5 Å². The van der Waals surface area contributed by atoms with E-state index < -0.39 is 52.7 Å². The molecule has 0 aromatic rings. The lowest BCUT2D eigenvalue weighted by Gasteiger charge is -2.28. The molecule has 20 heteroatoms. The molecule has 0 aliphatic carbocycles. The largest absolute Gasteiger partial charge is 0.396 e. The Labute approximate surface area is 254 Å². The zero-order valence-electron chi connectivity index (χ0n) is 26.3. The highest BCUT2D eigenvalue weighted by Gasteiger charge is 2.48. The Morgan fingerprint density at radius 3 is 1.44 bits per heavy atom. The molecule has 16 nitrogen and oxygen atoms in total. The van der Waals surface area contributed by atoms with Gasteiger partial charge >= 0.3 is 27.1 Å². The van der Waals surface area contributed by atoms with Crippen LogP contribution in [0.15, 0.2) is 0 Å². The van der Waals surface area contributed by atoms with Crippen molar-refractivity contribution in [3.8, 4) is 0 Å². The fourth-order valence-electron chi connectivity index (χ4n) is 3.27. The predicted molar refractivity (Wildman–Crippen MR) is 163 cm³/mol. The first-order valence-electron chi connectivity index (χ1n) is 13.8. The quantitative estimate of drug-likeness (QED) is 0.102. The van der Waals surface area contributed by atoms with E-state index in [2.05, 4.69) is 10.1 Å². The number of rotatable bonds is 18. The number of esters is 2. The molecule has 1 rings (SSSR count). The average Bonchev–Trinajstić information content (AvgIpc) is 3.28. The second-order valence-corrected chi connectivity index (χ2v) is 20.1. The van der Waals surface area contributed by atoms with Crippen molar-refractivity contribution in [2.24, 2.45) is 5.73 Å².